The van der Waals surface area contributed by atoms with Gasteiger partial charge in [-0.2, -0.15) is 9.49 Å². The Kier molecular flexibility index (Phi) is 3.65. The second-order valence-corrected chi connectivity index (χ2v) is 4.83. The summed E-state index contributed by atoms with van der Waals surface area (Å²) in [6, 6.07) is 12.4. The molecule has 2 aromatic heterocycles. The van der Waals surface area contributed by atoms with E-state index in [0.717, 1.165) is 16.8 Å². The van der Waals surface area contributed by atoms with Crippen molar-refractivity contribution in [3.05, 3.63) is 65.7 Å². The van der Waals surface area contributed by atoms with Crippen molar-refractivity contribution in [1.82, 2.24) is 15.2 Å². The Morgan fingerprint density at radius 3 is 2.73 bits per heavy atom. The number of H-pyrrole nitrogens is 1. The van der Waals surface area contributed by atoms with Gasteiger partial charge in [-0.05, 0) is 24.6 Å². The minimum Gasteiger partial charge on any atom is -0.305 e. The Morgan fingerprint density at radius 2 is 2.00 bits per heavy atom. The second kappa shape index (κ2) is 5.77. The monoisotopic (exact) mass is 296 g/mol. The molecule has 0 unspecified atom stereocenters. The van der Waals surface area contributed by atoms with Crippen LogP contribution < -0.4 is 5.32 Å². The first kappa shape index (κ1) is 13.9. The van der Waals surface area contributed by atoms with Gasteiger partial charge in [-0.25, -0.2) is 4.98 Å². The van der Waals surface area contributed by atoms with E-state index in [-0.39, 0.29) is 5.56 Å². The van der Waals surface area contributed by atoms with Crippen molar-refractivity contribution in [2.45, 2.75) is 6.92 Å². The van der Waals surface area contributed by atoms with Crippen LogP contribution in [0.5, 0.6) is 0 Å². The molecule has 0 bridgehead atoms. The third-order valence-corrected chi connectivity index (χ3v) is 3.19. The summed E-state index contributed by atoms with van der Waals surface area (Å²) >= 11 is 0. The lowest BCUT2D eigenvalue weighted by molar-refractivity contribution is 0.102. The average Bonchev–Trinajstić information content (AvgIpc) is 2.97. The molecular weight excluding hydrogens is 283 g/mol. The van der Waals surface area contributed by atoms with Crippen molar-refractivity contribution >= 4 is 11.7 Å². The van der Waals surface area contributed by atoms with Gasteiger partial charge in [0.15, 0.2) is 5.82 Å². The zero-order valence-corrected chi connectivity index (χ0v) is 11.8. The maximum atomic E-state index is 13.5. The maximum Gasteiger partial charge on any atom is 0.261 e. The molecule has 0 saturated carbocycles. The van der Waals surface area contributed by atoms with E-state index in [1.165, 1.54) is 18.3 Å². The average molecular weight is 296 g/mol. The number of aromatic nitrogens is 3. The van der Waals surface area contributed by atoms with Gasteiger partial charge in [0.05, 0.1) is 11.3 Å². The van der Waals surface area contributed by atoms with Gasteiger partial charge in [0.25, 0.3) is 5.91 Å². The highest BCUT2D eigenvalue weighted by Gasteiger charge is 2.13. The minimum absolute atomic E-state index is 0.123. The molecule has 3 aromatic rings. The zero-order valence-electron chi connectivity index (χ0n) is 11.8. The number of carbonyl (C=O) groups is 1. The molecule has 0 aliphatic carbocycles. The van der Waals surface area contributed by atoms with E-state index in [4.69, 9.17) is 0 Å². The SMILES string of the molecule is Cc1ccc(-c2cc(NC(=O)c3cccnc3F)n[nH]2)cc1. The number of amides is 1. The van der Waals surface area contributed by atoms with Crippen molar-refractivity contribution in [1.29, 1.82) is 0 Å². The van der Waals surface area contributed by atoms with Crippen molar-refractivity contribution in [2.24, 2.45) is 0 Å². The third-order valence-electron chi connectivity index (χ3n) is 3.19. The molecule has 6 heteroatoms. The van der Waals surface area contributed by atoms with E-state index in [9.17, 15) is 9.18 Å². The second-order valence-electron chi connectivity index (χ2n) is 4.83. The molecule has 0 saturated heterocycles. The van der Waals surface area contributed by atoms with Crippen LogP contribution in [0.25, 0.3) is 11.3 Å². The van der Waals surface area contributed by atoms with E-state index in [2.05, 4.69) is 20.5 Å². The summed E-state index contributed by atoms with van der Waals surface area (Å²) in [6.45, 7) is 2.00. The topological polar surface area (TPSA) is 70.7 Å². The van der Waals surface area contributed by atoms with Crippen LogP contribution in [-0.2, 0) is 0 Å². The highest BCUT2D eigenvalue weighted by Crippen LogP contribution is 2.20. The highest BCUT2D eigenvalue weighted by atomic mass is 19.1. The number of benzene rings is 1. The van der Waals surface area contributed by atoms with Gasteiger partial charge in [-0.1, -0.05) is 29.8 Å². The lowest BCUT2D eigenvalue weighted by atomic mass is 10.1. The van der Waals surface area contributed by atoms with Crippen LogP contribution >= 0.6 is 0 Å². The summed E-state index contributed by atoms with van der Waals surface area (Å²) in [5.74, 6) is -1.08. The molecule has 0 fully saturated rings. The van der Waals surface area contributed by atoms with Crippen LogP contribution in [0.15, 0.2) is 48.7 Å². The van der Waals surface area contributed by atoms with Gasteiger partial charge in [-0.3, -0.25) is 9.89 Å². The summed E-state index contributed by atoms with van der Waals surface area (Å²) in [4.78, 5) is 15.4. The lowest BCUT2D eigenvalue weighted by Crippen LogP contribution is -2.14. The number of halogens is 1. The highest BCUT2D eigenvalue weighted by molar-refractivity contribution is 6.03. The van der Waals surface area contributed by atoms with Gasteiger partial charge in [0.1, 0.15) is 0 Å². The number of anilines is 1. The quantitative estimate of drug-likeness (QED) is 0.729. The summed E-state index contributed by atoms with van der Waals surface area (Å²) in [6.07, 6.45) is 1.29. The van der Waals surface area contributed by atoms with Crippen molar-refractivity contribution in [3.63, 3.8) is 0 Å². The fraction of sp³-hybridized carbons (Fsp3) is 0.0625. The van der Waals surface area contributed by atoms with Crippen LogP contribution in [0.1, 0.15) is 15.9 Å². The van der Waals surface area contributed by atoms with E-state index in [0.29, 0.717) is 5.82 Å². The van der Waals surface area contributed by atoms with Gasteiger partial charge in [0, 0.05) is 12.3 Å². The Labute approximate surface area is 126 Å². The molecular formula is C16H13FN4O. The lowest BCUT2D eigenvalue weighted by Gasteiger charge is -2.01. The van der Waals surface area contributed by atoms with Crippen LogP contribution in [0.2, 0.25) is 0 Å². The molecule has 1 amide bonds. The van der Waals surface area contributed by atoms with Gasteiger partial charge < -0.3 is 5.32 Å². The predicted octanol–water partition coefficient (Wildman–Crippen LogP) is 3.17. The molecule has 3 rings (SSSR count). The Hall–Kier alpha value is -3.02. The largest absolute Gasteiger partial charge is 0.305 e. The minimum atomic E-state index is -0.811. The fourth-order valence-electron chi connectivity index (χ4n) is 2.01. The number of nitrogens with zero attached hydrogens (tertiary/aromatic N) is 2. The fourth-order valence-corrected chi connectivity index (χ4v) is 2.01. The summed E-state index contributed by atoms with van der Waals surface area (Å²) < 4.78 is 13.5. The van der Waals surface area contributed by atoms with Gasteiger partial charge >= 0.3 is 0 Å². The number of aromatic amines is 1. The molecule has 2 heterocycles. The number of aryl methyl sites for hydroxylation is 1. The van der Waals surface area contributed by atoms with Crippen LogP contribution in [-0.4, -0.2) is 21.1 Å². The molecule has 0 aliphatic heterocycles. The van der Waals surface area contributed by atoms with Crippen molar-refractivity contribution in [3.8, 4) is 11.3 Å². The zero-order chi connectivity index (χ0) is 15.5. The number of carbonyl (C=O) groups excluding carboxylic acids is 1. The Morgan fingerprint density at radius 1 is 1.23 bits per heavy atom. The number of nitrogens with one attached hydrogen (secondary N) is 2. The number of pyridine rings is 1. The molecule has 22 heavy (non-hydrogen) atoms. The van der Waals surface area contributed by atoms with Crippen LogP contribution in [0, 0.1) is 12.9 Å². The van der Waals surface area contributed by atoms with Crippen LogP contribution in [0.4, 0.5) is 10.2 Å². The Balaban J connectivity index is 1.78. The summed E-state index contributed by atoms with van der Waals surface area (Å²) in [5.41, 5.74) is 2.75. The number of hydrogen-bond acceptors (Lipinski definition) is 3. The summed E-state index contributed by atoms with van der Waals surface area (Å²) in [7, 11) is 0. The van der Waals surface area contributed by atoms with Crippen LogP contribution in [0.3, 0.4) is 0 Å². The first-order valence-corrected chi connectivity index (χ1v) is 6.68. The van der Waals surface area contributed by atoms with Crippen molar-refractivity contribution in [2.75, 3.05) is 5.32 Å². The van der Waals surface area contributed by atoms with Crippen molar-refractivity contribution < 1.29 is 9.18 Å². The first-order chi connectivity index (χ1) is 10.6. The van der Waals surface area contributed by atoms with E-state index >= 15 is 0 Å². The smallest absolute Gasteiger partial charge is 0.261 e. The molecule has 0 atom stereocenters. The normalized spacial score (nSPS) is 10.5. The maximum absolute atomic E-state index is 13.5. The van der Waals surface area contributed by atoms with E-state index < -0.39 is 11.9 Å². The van der Waals surface area contributed by atoms with Gasteiger partial charge in [0.2, 0.25) is 5.95 Å². The van der Waals surface area contributed by atoms with E-state index in [1.54, 1.807) is 6.07 Å². The van der Waals surface area contributed by atoms with Gasteiger partial charge in [-0.15, -0.1) is 0 Å². The molecule has 0 radical (unpaired) electrons. The number of hydrogen-bond donors (Lipinski definition) is 2. The summed E-state index contributed by atoms with van der Waals surface area (Å²) in [5, 5.41) is 9.39. The Bertz CT molecular complexity index is 811. The molecule has 1 aromatic carbocycles. The number of rotatable bonds is 3. The predicted molar refractivity (Wildman–Crippen MR) is 80.9 cm³/mol. The molecule has 2 N–H and O–H groups in total. The first-order valence-electron chi connectivity index (χ1n) is 6.68. The molecule has 110 valence electrons. The molecule has 5 nitrogen and oxygen atoms in total. The molecule has 0 spiro atoms. The molecule has 0 aliphatic rings. The third kappa shape index (κ3) is 2.85. The standard InChI is InChI=1S/C16H13FN4O/c1-10-4-6-11(7-5-10)13-9-14(21-20-13)19-16(22)12-3-2-8-18-15(12)17/h2-9H,1H3,(H2,19,20,21,22). The van der Waals surface area contributed by atoms with E-state index in [1.807, 2.05) is 31.2 Å².